The minimum Gasteiger partial charge on any atom is -0.469 e. The molecule has 2 rings (SSSR count). The van der Waals surface area contributed by atoms with Crippen molar-refractivity contribution in [2.24, 2.45) is 0 Å². The molecule has 2 aliphatic rings. The maximum Gasteiger partial charge on any atom is 0.308 e. The van der Waals surface area contributed by atoms with Crippen molar-refractivity contribution in [1.29, 1.82) is 0 Å². The maximum absolute atomic E-state index is 11.7. The van der Waals surface area contributed by atoms with E-state index >= 15 is 0 Å². The summed E-state index contributed by atoms with van der Waals surface area (Å²) in [7, 11) is 14.2. The molecule has 145 heavy (non-hydrogen) atoms. The monoisotopic (exact) mass is 2260 g/mol. The van der Waals surface area contributed by atoms with E-state index in [9.17, 15) is 89.1 Å². The van der Waals surface area contributed by atoms with Crippen LogP contribution in [0.1, 0.15) is 199 Å². The molecule has 2 heterocycles. The van der Waals surface area contributed by atoms with Gasteiger partial charge in [-0.05, 0) is 95.7 Å². The Morgan fingerprint density at radius 2 is 0.441 bits per heavy atom. The summed E-state index contributed by atoms with van der Waals surface area (Å²) in [6.07, 6.45) is 8.97. The molecule has 43 nitrogen and oxygen atoms in total. The molecule has 868 valence electrons. The van der Waals surface area contributed by atoms with Gasteiger partial charge in [-0.2, -0.15) is 0 Å². The smallest absolute Gasteiger partial charge is 0.308 e. The van der Waals surface area contributed by atoms with E-state index in [4.69, 9.17) is 109 Å². The second-order valence-electron chi connectivity index (χ2n) is 31.5. The molecular formula is C94H188N2O41S8. The highest BCUT2D eigenvalue weighted by atomic mass is 33.1. The van der Waals surface area contributed by atoms with Crippen molar-refractivity contribution < 1.29 is 203 Å². The minimum atomic E-state index is -0.988. The van der Waals surface area contributed by atoms with E-state index in [1.165, 1.54) is 19.3 Å². The third-order valence-electron chi connectivity index (χ3n) is 18.3. The quantitative estimate of drug-likeness (QED) is 0.0180. The lowest BCUT2D eigenvalue weighted by Crippen LogP contribution is -2.32. The van der Waals surface area contributed by atoms with E-state index in [0.717, 1.165) is 33.5 Å². The predicted octanol–water partition coefficient (Wildman–Crippen LogP) is 2.69. The van der Waals surface area contributed by atoms with Gasteiger partial charge in [0, 0.05) is 112 Å². The Morgan fingerprint density at radius 1 is 0.262 bits per heavy atom. The largest absolute Gasteiger partial charge is 0.469 e. The zero-order valence-corrected chi connectivity index (χ0v) is 91.4. The van der Waals surface area contributed by atoms with Crippen molar-refractivity contribution >= 4 is 139 Å². The molecule has 18 atom stereocenters. The van der Waals surface area contributed by atoms with Crippen LogP contribution in [0.15, 0.2) is 24.3 Å². The van der Waals surface area contributed by atoms with E-state index in [-0.39, 0.29) is 228 Å². The minimum absolute atomic E-state index is 0. The number of nitrogens with zero attached hydrogens (tertiary/aromatic N) is 2. The number of carbonyl (C=O) groups excluding carboxylic acids is 9. The van der Waals surface area contributed by atoms with Gasteiger partial charge in [0.1, 0.15) is 47.5 Å². The van der Waals surface area contributed by atoms with Gasteiger partial charge in [-0.25, -0.2) is 0 Å². The van der Waals surface area contributed by atoms with E-state index in [1.807, 2.05) is 73.5 Å². The number of esters is 1. The van der Waals surface area contributed by atoms with Crippen LogP contribution < -0.4 is 0 Å². The van der Waals surface area contributed by atoms with Gasteiger partial charge in [0.2, 0.25) is 0 Å². The first-order chi connectivity index (χ1) is 67.5. The highest BCUT2D eigenvalue weighted by Crippen LogP contribution is 2.22. The van der Waals surface area contributed by atoms with Gasteiger partial charge in [-0.15, -0.1) is 0 Å². The van der Waals surface area contributed by atoms with Crippen LogP contribution >= 0.6 is 86.4 Å². The molecule has 51 heteroatoms. The van der Waals surface area contributed by atoms with Crippen molar-refractivity contribution in [3.63, 3.8) is 0 Å². The van der Waals surface area contributed by atoms with Crippen LogP contribution in [-0.4, -0.2) is 498 Å². The number of methoxy groups -OCH3 is 1. The van der Waals surface area contributed by atoms with Crippen LogP contribution in [0, 0.1) is 0 Å². The fraction of sp³-hybridized carbons (Fsp3) is 0.862. The van der Waals surface area contributed by atoms with E-state index < -0.39 is 134 Å². The Bertz CT molecular complexity index is 2780. The third kappa shape index (κ3) is 117. The van der Waals surface area contributed by atoms with E-state index in [2.05, 4.69) is 4.74 Å². The third-order valence-corrected chi connectivity index (χ3v) is 25.7. The van der Waals surface area contributed by atoms with E-state index in [0.29, 0.717) is 121 Å². The second kappa shape index (κ2) is 117. The molecule has 0 bridgehead atoms. The molecule has 0 aromatic heterocycles. The van der Waals surface area contributed by atoms with Gasteiger partial charge >= 0.3 is 5.97 Å². The molecule has 0 saturated carbocycles. The molecule has 0 aromatic rings. The molecule has 2 aliphatic heterocycles. The number of aliphatic hydroxyl groups is 22. The van der Waals surface area contributed by atoms with Crippen LogP contribution in [-0.2, 0) is 90.5 Å². The van der Waals surface area contributed by atoms with Crippen LogP contribution in [0.2, 0.25) is 0 Å². The van der Waals surface area contributed by atoms with E-state index in [1.54, 1.807) is 86.4 Å². The molecule has 22 N–H and O–H groups in total. The predicted molar refractivity (Wildman–Crippen MR) is 574 cm³/mol. The summed E-state index contributed by atoms with van der Waals surface area (Å²) in [6.45, 7) is 14.4. The SMILES string of the molecule is C.C.C.CCC(O)COCC(O)CC.CCC(O)COCC(O)CC(=O)OC.CCC(O)COCC(O)CCC(=O)CCN1C(=O)C=CC1=O.CCC(O)COCC(O)CCC(=O)CCSSC.CCC(O)COCC(O)CO.CCC(O)COCC(O)CSSC.CSSCC(O)COCC(O)CO.CSSCCC(=O)CCC(O)COCC(O)CO.O=C(CCC(O)COCC(O)CO)CCN1C(=O)C=CC1=O. The number of amides is 4. The van der Waals surface area contributed by atoms with Crippen molar-refractivity contribution in [3.05, 3.63) is 24.3 Å². The molecule has 0 aromatic carbocycles. The summed E-state index contributed by atoms with van der Waals surface area (Å²) in [4.78, 5) is 104. The van der Waals surface area contributed by atoms with Crippen LogP contribution in [0.3, 0.4) is 0 Å². The lowest BCUT2D eigenvalue weighted by Gasteiger charge is -2.14. The number of hydrogen-bond donors (Lipinski definition) is 22. The number of hydrogen-bond acceptors (Lipinski definition) is 49. The first kappa shape index (κ1) is 162. The fourth-order valence-electron chi connectivity index (χ4n) is 9.22. The summed E-state index contributed by atoms with van der Waals surface area (Å²) in [5, 5.41) is 200. The van der Waals surface area contributed by atoms with Crippen molar-refractivity contribution in [1.82, 2.24) is 9.80 Å². The summed E-state index contributed by atoms with van der Waals surface area (Å²) in [6, 6.07) is 0. The number of ketones is 4. The topological polar surface area (TPSA) is 697 Å². The Balaban J connectivity index is -0.000000178. The summed E-state index contributed by atoms with van der Waals surface area (Å²) in [5.41, 5.74) is 0. The Hall–Kier alpha value is -2.53. The highest BCUT2D eigenvalue weighted by Gasteiger charge is 2.26. The Labute approximate surface area is 893 Å². The van der Waals surface area contributed by atoms with Crippen LogP contribution in [0.25, 0.3) is 0 Å². The normalized spacial score (nSPS) is 15.5. The van der Waals surface area contributed by atoms with Crippen LogP contribution in [0.4, 0.5) is 0 Å². The van der Waals surface area contributed by atoms with Gasteiger partial charge < -0.3 is 160 Å². The zero-order valence-electron chi connectivity index (χ0n) is 84.9. The molecule has 18 unspecified atom stereocenters. The number of Topliss-reactive ketones (excluding diaryl/α,β-unsaturated/α-hetero) is 4. The average molecular weight is 2260 g/mol. The lowest BCUT2D eigenvalue weighted by molar-refractivity contribution is -0.144. The molecule has 0 aliphatic carbocycles. The maximum atomic E-state index is 11.7. The molecule has 0 spiro atoms. The van der Waals surface area contributed by atoms with Gasteiger partial charge in [0.05, 0.1) is 244 Å². The van der Waals surface area contributed by atoms with Crippen molar-refractivity contribution in [2.45, 2.75) is 309 Å². The molecule has 0 radical (unpaired) electrons. The number of imide groups is 2. The molecule has 0 fully saturated rings. The van der Waals surface area contributed by atoms with Gasteiger partial charge in [-0.1, -0.05) is 157 Å². The first-order valence-corrected chi connectivity index (χ1v) is 58.1. The standard InChI is InChI=1S/C15H23NO6.C14H21NO7.C12H24O4S2.C11H22O5S2.C9H18O5.C8H18O3S2.C8H18O3.C7H16O4S2.C7H16O4.3CH4/c1-2-11(17)9-22-10-13(19)4-3-12(18)7-8-16-14(20)5-6-15(16)21;16-7-12(19)9-22-8-11(18)2-1-10(17)5-6-15-13(20)3-4-14(15)21;1-3-10(13)8-16-9-12(15)5-4-11(14)6-7-18-17-2;1-17-18-5-4-9(13)2-3-10(14)7-16-8-11(15)6-12;1-3-7(10)5-14-6-8(11)4-9(12)13-2;1-3-7(9)4-11-5-8(10)6-13-12-2;1-3-7(9)5-11-6-8(10)4-2;1-12-13-5-7(10)4-11-3-6(9)2-8;1-2-6(9)4-11-5-7(10)3-8;;;/h5-6,11,13,17,19H,2-4,7-10H2,1H3;3-4,11-12,16,18-19H,1-2,5-9H2;10,12-13,15H,3-9H2,1-2H3;10-12,14-15H,2-8H2,1H3;7-8,10-11H,3-6H2,1-2H3;7-10H,3-6H2,1-2H3;7-10H,3-6H2,1-2H3;6-10H,2-5H2,1H3;6-10H,2-5H2,1H3;3*1H4. The fourth-order valence-corrected chi connectivity index (χ4v) is 14.2. The highest BCUT2D eigenvalue weighted by molar-refractivity contribution is 8.77. The van der Waals surface area contributed by atoms with Gasteiger partial charge in [0.25, 0.3) is 23.6 Å². The number of ether oxygens (including phenoxy) is 10. The first-order valence-electron chi connectivity index (χ1n) is 47.2. The molecule has 4 amide bonds. The van der Waals surface area contributed by atoms with Gasteiger partial charge in [-0.3, -0.25) is 53.0 Å². The molecule has 0 saturated heterocycles. The Morgan fingerprint density at radius 3 is 0.628 bits per heavy atom. The van der Waals surface area contributed by atoms with Gasteiger partial charge in [0.15, 0.2) is 0 Å². The van der Waals surface area contributed by atoms with Crippen LogP contribution in [0.5, 0.6) is 0 Å². The average Bonchev–Trinajstić information content (AvgIpc) is 1.74. The Kier molecular flexibility index (Phi) is 131. The molecular weight excluding hydrogens is 2070 g/mol. The summed E-state index contributed by atoms with van der Waals surface area (Å²) >= 11 is 0. The number of rotatable bonds is 81. The lowest BCUT2D eigenvalue weighted by atomic mass is 10.1. The summed E-state index contributed by atoms with van der Waals surface area (Å²) in [5.74, 6) is 0.822. The van der Waals surface area contributed by atoms with Crippen molar-refractivity contribution in [2.75, 3.05) is 214 Å². The zero-order chi connectivity index (χ0) is 109. The van der Waals surface area contributed by atoms with Crippen molar-refractivity contribution in [3.8, 4) is 0 Å². The number of aliphatic hydroxyl groups excluding tert-OH is 22. The number of carbonyl (C=O) groups is 9. The summed E-state index contributed by atoms with van der Waals surface area (Å²) < 4.78 is 49.6. The second-order valence-corrected chi connectivity index (χ2v) is 42.1.